The summed E-state index contributed by atoms with van der Waals surface area (Å²) >= 11 is 0. The first-order valence-corrected chi connectivity index (χ1v) is 12.7. The predicted molar refractivity (Wildman–Crippen MR) is 137 cm³/mol. The first kappa shape index (κ1) is 24.6. The molecule has 36 heavy (non-hydrogen) atoms. The summed E-state index contributed by atoms with van der Waals surface area (Å²) in [5, 5.41) is 16.5. The van der Waals surface area contributed by atoms with Gasteiger partial charge in [-0.05, 0) is 61.6 Å². The molecule has 2 aliphatic heterocycles. The average Bonchev–Trinajstić information content (AvgIpc) is 3.20. The SMILES string of the molecule is COc1cc(NC(=O)C2(N3Cc4c(C)cc(OCC5(O)CNC5)cc4C3=O)CCCCC2)ccc1C. The number of rotatable bonds is 7. The summed E-state index contributed by atoms with van der Waals surface area (Å²) in [4.78, 5) is 29.4. The van der Waals surface area contributed by atoms with Crippen LogP contribution in [0.25, 0.3) is 0 Å². The van der Waals surface area contributed by atoms with Crippen molar-refractivity contribution in [1.29, 1.82) is 0 Å². The third kappa shape index (κ3) is 4.33. The third-order valence-corrected chi connectivity index (χ3v) is 7.94. The maximum Gasteiger partial charge on any atom is 0.255 e. The van der Waals surface area contributed by atoms with E-state index in [0.717, 1.165) is 36.0 Å². The number of nitrogens with zero attached hydrogens (tertiary/aromatic N) is 1. The number of amides is 2. The van der Waals surface area contributed by atoms with Crippen molar-refractivity contribution in [2.45, 2.75) is 63.6 Å². The van der Waals surface area contributed by atoms with Crippen molar-refractivity contribution in [3.63, 3.8) is 0 Å². The molecule has 0 spiro atoms. The van der Waals surface area contributed by atoms with E-state index in [2.05, 4.69) is 10.6 Å². The van der Waals surface area contributed by atoms with Gasteiger partial charge in [-0.15, -0.1) is 0 Å². The monoisotopic (exact) mass is 493 g/mol. The van der Waals surface area contributed by atoms with Crippen molar-refractivity contribution < 1.29 is 24.2 Å². The van der Waals surface area contributed by atoms with Crippen LogP contribution >= 0.6 is 0 Å². The molecule has 5 rings (SSSR count). The number of carbonyl (C=O) groups excluding carboxylic acids is 2. The fourth-order valence-corrected chi connectivity index (χ4v) is 5.62. The zero-order chi connectivity index (χ0) is 25.5. The van der Waals surface area contributed by atoms with Crippen molar-refractivity contribution in [1.82, 2.24) is 10.2 Å². The van der Waals surface area contributed by atoms with Gasteiger partial charge in [-0.3, -0.25) is 9.59 Å². The Morgan fingerprint density at radius 2 is 1.86 bits per heavy atom. The lowest BCUT2D eigenvalue weighted by molar-refractivity contribution is -0.129. The Balaban J connectivity index is 1.40. The van der Waals surface area contributed by atoms with Crippen LogP contribution in [0.2, 0.25) is 0 Å². The molecular weight excluding hydrogens is 458 g/mol. The van der Waals surface area contributed by atoms with E-state index in [1.54, 1.807) is 18.1 Å². The zero-order valence-electron chi connectivity index (χ0n) is 21.3. The van der Waals surface area contributed by atoms with Crippen molar-refractivity contribution in [3.8, 4) is 11.5 Å². The van der Waals surface area contributed by atoms with E-state index in [1.807, 2.05) is 38.1 Å². The highest BCUT2D eigenvalue weighted by Crippen LogP contribution is 2.42. The number of ether oxygens (including phenoxy) is 2. The lowest BCUT2D eigenvalue weighted by atomic mass is 9.79. The minimum atomic E-state index is -0.910. The van der Waals surface area contributed by atoms with Crippen LogP contribution in [0, 0.1) is 13.8 Å². The van der Waals surface area contributed by atoms with E-state index in [1.165, 1.54) is 0 Å². The van der Waals surface area contributed by atoms with E-state index in [-0.39, 0.29) is 18.4 Å². The van der Waals surface area contributed by atoms with E-state index in [9.17, 15) is 14.7 Å². The molecule has 2 fully saturated rings. The average molecular weight is 494 g/mol. The van der Waals surface area contributed by atoms with Gasteiger partial charge in [0.15, 0.2) is 0 Å². The molecule has 0 bridgehead atoms. The first-order valence-electron chi connectivity index (χ1n) is 12.7. The number of β-amino-alcohol motifs (C(OH)–C–C–N with tert-alkyl or cyclic N) is 1. The van der Waals surface area contributed by atoms with Crippen LogP contribution in [0.4, 0.5) is 5.69 Å². The van der Waals surface area contributed by atoms with Gasteiger partial charge in [-0.25, -0.2) is 0 Å². The minimum Gasteiger partial charge on any atom is -0.496 e. The summed E-state index contributed by atoms with van der Waals surface area (Å²) in [6.45, 7) is 5.48. The number of benzene rings is 2. The molecule has 8 nitrogen and oxygen atoms in total. The second-order valence-corrected chi connectivity index (χ2v) is 10.5. The van der Waals surface area contributed by atoms with Crippen LogP contribution in [-0.4, -0.2) is 59.8 Å². The Hall–Kier alpha value is -3.10. The molecule has 1 saturated carbocycles. The first-order chi connectivity index (χ1) is 17.2. The molecule has 192 valence electrons. The molecule has 2 amide bonds. The predicted octanol–water partition coefficient (Wildman–Crippen LogP) is 3.32. The number of hydrogen-bond donors (Lipinski definition) is 3. The van der Waals surface area contributed by atoms with Crippen molar-refractivity contribution in [2.24, 2.45) is 0 Å². The molecule has 0 unspecified atom stereocenters. The maximum absolute atomic E-state index is 13.9. The standard InChI is InChI=1S/C28H35N3O5/c1-18-7-8-20(12-24(18)35-3)30-26(33)28(9-5-4-6-10-28)31-14-23-19(2)11-21(13-22(23)25(31)32)36-17-27(34)15-29-16-27/h7-8,11-13,29,34H,4-6,9-10,14-17H2,1-3H3,(H,30,33). The molecule has 3 aliphatic rings. The van der Waals surface area contributed by atoms with Gasteiger partial charge in [-0.1, -0.05) is 25.3 Å². The Morgan fingerprint density at radius 3 is 2.53 bits per heavy atom. The van der Waals surface area contributed by atoms with Crippen LogP contribution < -0.4 is 20.1 Å². The Morgan fingerprint density at radius 1 is 1.11 bits per heavy atom. The summed E-state index contributed by atoms with van der Waals surface area (Å²) < 4.78 is 11.3. The Bertz CT molecular complexity index is 1180. The highest BCUT2D eigenvalue weighted by atomic mass is 16.5. The number of fused-ring (bicyclic) bond motifs is 1. The van der Waals surface area contributed by atoms with Gasteiger partial charge in [0.1, 0.15) is 29.2 Å². The number of methoxy groups -OCH3 is 1. The van der Waals surface area contributed by atoms with Crippen LogP contribution in [0.5, 0.6) is 11.5 Å². The van der Waals surface area contributed by atoms with Gasteiger partial charge in [0.25, 0.3) is 5.91 Å². The van der Waals surface area contributed by atoms with Crippen molar-refractivity contribution in [2.75, 3.05) is 32.1 Å². The largest absolute Gasteiger partial charge is 0.496 e. The topological polar surface area (TPSA) is 100 Å². The summed E-state index contributed by atoms with van der Waals surface area (Å²) in [5.74, 6) is 0.987. The van der Waals surface area contributed by atoms with Gasteiger partial charge in [0, 0.05) is 37.0 Å². The molecule has 3 N–H and O–H groups in total. The molecule has 1 saturated heterocycles. The van der Waals surface area contributed by atoms with Gasteiger partial charge in [-0.2, -0.15) is 0 Å². The molecule has 8 heteroatoms. The molecule has 2 heterocycles. The summed E-state index contributed by atoms with van der Waals surface area (Å²) in [7, 11) is 1.61. The van der Waals surface area contributed by atoms with E-state index in [4.69, 9.17) is 9.47 Å². The van der Waals surface area contributed by atoms with E-state index in [0.29, 0.717) is 55.2 Å². The highest BCUT2D eigenvalue weighted by Gasteiger charge is 2.50. The number of aryl methyl sites for hydroxylation is 2. The lowest BCUT2D eigenvalue weighted by Crippen LogP contribution is -2.62. The highest BCUT2D eigenvalue weighted by molar-refractivity contribution is 6.06. The second kappa shape index (κ2) is 9.41. The molecule has 0 radical (unpaired) electrons. The van der Waals surface area contributed by atoms with Crippen molar-refractivity contribution in [3.05, 3.63) is 52.6 Å². The summed E-state index contributed by atoms with van der Waals surface area (Å²) in [6.07, 6.45) is 4.10. The number of aliphatic hydroxyl groups is 1. The third-order valence-electron chi connectivity index (χ3n) is 7.94. The number of nitrogens with one attached hydrogen (secondary N) is 2. The van der Waals surface area contributed by atoms with Gasteiger partial charge in [0.2, 0.25) is 5.91 Å². The molecular formula is C28H35N3O5. The van der Waals surface area contributed by atoms with Crippen molar-refractivity contribution >= 4 is 17.5 Å². The molecule has 2 aromatic carbocycles. The fraction of sp³-hybridized carbons (Fsp3) is 0.500. The number of carbonyl (C=O) groups is 2. The number of anilines is 1. The normalized spacial score (nSPS) is 19.9. The van der Waals surface area contributed by atoms with E-state index >= 15 is 0 Å². The van der Waals surface area contributed by atoms with E-state index < -0.39 is 11.1 Å². The molecule has 1 aliphatic carbocycles. The fourth-order valence-electron chi connectivity index (χ4n) is 5.62. The smallest absolute Gasteiger partial charge is 0.255 e. The quantitative estimate of drug-likeness (QED) is 0.547. The molecule has 2 aromatic rings. The zero-order valence-corrected chi connectivity index (χ0v) is 21.3. The second-order valence-electron chi connectivity index (χ2n) is 10.5. The van der Waals surface area contributed by atoms with Crippen LogP contribution in [0.3, 0.4) is 0 Å². The number of hydrogen-bond acceptors (Lipinski definition) is 6. The van der Waals surface area contributed by atoms with Gasteiger partial charge < -0.3 is 30.1 Å². The lowest BCUT2D eigenvalue weighted by Gasteiger charge is -2.43. The maximum atomic E-state index is 13.9. The van der Waals surface area contributed by atoms with Crippen LogP contribution in [0.1, 0.15) is 59.2 Å². The molecule has 0 atom stereocenters. The van der Waals surface area contributed by atoms with Gasteiger partial charge >= 0.3 is 0 Å². The van der Waals surface area contributed by atoms with Gasteiger partial charge in [0.05, 0.1) is 7.11 Å². The molecule has 0 aromatic heterocycles. The Labute approximate surface area is 212 Å². The van der Waals surface area contributed by atoms with Crippen LogP contribution in [-0.2, 0) is 11.3 Å². The summed E-state index contributed by atoms with van der Waals surface area (Å²) in [6, 6.07) is 9.28. The summed E-state index contributed by atoms with van der Waals surface area (Å²) in [5.41, 5.74) is 2.34. The van der Waals surface area contributed by atoms with Crippen LogP contribution in [0.15, 0.2) is 30.3 Å². The Kier molecular flexibility index (Phi) is 6.43. The minimum absolute atomic E-state index is 0.138.